The van der Waals surface area contributed by atoms with Crippen LogP contribution in [0.2, 0.25) is 10.0 Å². The molecule has 0 saturated heterocycles. The number of nitrogens with one attached hydrogen (secondary N) is 1. The lowest BCUT2D eigenvalue weighted by molar-refractivity contribution is -0.275. The van der Waals surface area contributed by atoms with Gasteiger partial charge in [0, 0.05) is 35.0 Å². The fourth-order valence-electron chi connectivity index (χ4n) is 4.53. The summed E-state index contributed by atoms with van der Waals surface area (Å²) in [7, 11) is 0. The molecular weight excluding hydrogens is 524 g/mol. The topological polar surface area (TPSA) is 67.8 Å². The van der Waals surface area contributed by atoms with Gasteiger partial charge in [0.25, 0.3) is 5.60 Å². The summed E-state index contributed by atoms with van der Waals surface area (Å²) in [5, 5.41) is 6.66. The number of Topliss-reactive ketones (excluding diaryl/α,β-unsaturated/α-hetero) is 1. The van der Waals surface area contributed by atoms with Crippen molar-refractivity contribution in [2.45, 2.75) is 63.6 Å². The van der Waals surface area contributed by atoms with Crippen molar-refractivity contribution >= 4 is 51.9 Å². The number of amides is 1. The summed E-state index contributed by atoms with van der Waals surface area (Å²) in [5.74, 6) is -0.399. The second-order valence-electron chi connectivity index (χ2n) is 8.59. The molecule has 2 aromatic rings. The number of ketones is 1. The number of halogens is 5. The summed E-state index contributed by atoms with van der Waals surface area (Å²) in [6.45, 7) is 2.27. The molecule has 1 amide bonds. The Morgan fingerprint density at radius 3 is 2.40 bits per heavy atom. The molecule has 1 aliphatic carbocycles. The molecule has 11 heteroatoms. The van der Waals surface area contributed by atoms with Crippen LogP contribution in [0.15, 0.2) is 23.4 Å². The highest BCUT2D eigenvalue weighted by Gasteiger charge is 2.62. The normalized spacial score (nSPS) is 19.7. The van der Waals surface area contributed by atoms with E-state index in [1.807, 2.05) is 0 Å². The number of hydrogen-bond donors (Lipinski definition) is 1. The number of thiophene rings is 1. The van der Waals surface area contributed by atoms with E-state index in [9.17, 15) is 22.8 Å². The minimum Gasteiger partial charge on any atom is -0.374 e. The average molecular weight is 547 g/mol. The number of hydrogen-bond acceptors (Lipinski definition) is 5. The van der Waals surface area contributed by atoms with Gasteiger partial charge in [-0.2, -0.15) is 13.2 Å². The predicted molar refractivity (Wildman–Crippen MR) is 130 cm³/mol. The Hall–Kier alpha value is -2.10. The zero-order valence-electron chi connectivity index (χ0n) is 18.9. The molecule has 4 rings (SSSR count). The van der Waals surface area contributed by atoms with E-state index in [2.05, 4.69) is 10.5 Å². The van der Waals surface area contributed by atoms with Gasteiger partial charge in [-0.15, -0.1) is 11.3 Å². The first-order valence-electron chi connectivity index (χ1n) is 11.3. The maximum atomic E-state index is 14.4. The van der Waals surface area contributed by atoms with E-state index in [1.54, 1.807) is 6.92 Å². The van der Waals surface area contributed by atoms with Crippen molar-refractivity contribution in [2.24, 2.45) is 5.16 Å². The third-order valence-corrected chi connectivity index (χ3v) is 8.00. The summed E-state index contributed by atoms with van der Waals surface area (Å²) in [4.78, 5) is 31.0. The molecule has 1 aliphatic heterocycles. The lowest BCUT2D eigenvalue weighted by Crippen LogP contribution is -2.42. The van der Waals surface area contributed by atoms with Crippen LogP contribution in [0.1, 0.15) is 70.3 Å². The molecule has 0 fully saturated rings. The molecule has 0 radical (unpaired) electrons. The number of rotatable bonds is 7. The van der Waals surface area contributed by atoms with Crippen LogP contribution in [-0.4, -0.2) is 30.1 Å². The van der Waals surface area contributed by atoms with Crippen LogP contribution in [0.4, 0.5) is 13.2 Å². The van der Waals surface area contributed by atoms with Gasteiger partial charge < -0.3 is 10.2 Å². The number of carbonyl (C=O) groups excluding carboxylic acids is 2. The first-order chi connectivity index (χ1) is 16.6. The SMILES string of the molecule is CCNC(=O)CCC(=O)c1sc(C2=NOC(c3cc(Cl)cc(Cl)c3)(C(F)(F)F)C2)c2c1CCCC2. The van der Waals surface area contributed by atoms with Gasteiger partial charge >= 0.3 is 6.18 Å². The fourth-order valence-corrected chi connectivity index (χ4v) is 6.40. The van der Waals surface area contributed by atoms with Gasteiger partial charge in [0.05, 0.1) is 16.2 Å². The van der Waals surface area contributed by atoms with E-state index >= 15 is 0 Å². The Morgan fingerprint density at radius 2 is 1.77 bits per heavy atom. The zero-order chi connectivity index (χ0) is 25.4. The number of oxime groups is 1. The number of alkyl halides is 3. The van der Waals surface area contributed by atoms with E-state index < -0.39 is 18.2 Å². The molecular formula is C24H23Cl2F3N2O3S. The lowest BCUT2D eigenvalue weighted by Gasteiger charge is -2.29. The predicted octanol–water partition coefficient (Wildman–Crippen LogP) is 6.61. The van der Waals surface area contributed by atoms with Crippen molar-refractivity contribution in [3.05, 3.63) is 54.7 Å². The van der Waals surface area contributed by atoms with Crippen molar-refractivity contribution in [1.82, 2.24) is 5.32 Å². The van der Waals surface area contributed by atoms with E-state index in [0.717, 1.165) is 35.3 Å². The molecule has 1 aromatic carbocycles. The monoisotopic (exact) mass is 546 g/mol. The van der Waals surface area contributed by atoms with Crippen LogP contribution in [0, 0.1) is 0 Å². The van der Waals surface area contributed by atoms with Gasteiger partial charge in [-0.05, 0) is 61.9 Å². The highest BCUT2D eigenvalue weighted by Crippen LogP contribution is 2.51. The van der Waals surface area contributed by atoms with Crippen molar-refractivity contribution < 1.29 is 27.6 Å². The second-order valence-corrected chi connectivity index (χ2v) is 10.5. The smallest absolute Gasteiger partial charge is 0.374 e. The minimum atomic E-state index is -4.80. The highest BCUT2D eigenvalue weighted by molar-refractivity contribution is 7.16. The Morgan fingerprint density at radius 1 is 1.11 bits per heavy atom. The first kappa shape index (κ1) is 26.0. The lowest BCUT2D eigenvalue weighted by atomic mass is 9.85. The van der Waals surface area contributed by atoms with Crippen molar-refractivity contribution in [3.8, 4) is 0 Å². The largest absolute Gasteiger partial charge is 0.435 e. The fraction of sp³-hybridized carbons (Fsp3) is 0.458. The minimum absolute atomic E-state index is 0.0364. The number of fused-ring (bicyclic) bond motifs is 1. The van der Waals surface area contributed by atoms with Crippen molar-refractivity contribution in [2.75, 3.05) is 6.54 Å². The number of carbonyl (C=O) groups is 2. The van der Waals surface area contributed by atoms with E-state index in [-0.39, 0.29) is 45.9 Å². The van der Waals surface area contributed by atoms with Gasteiger partial charge in [-0.25, -0.2) is 0 Å². The van der Waals surface area contributed by atoms with Gasteiger partial charge in [-0.1, -0.05) is 28.4 Å². The van der Waals surface area contributed by atoms with Crippen LogP contribution >= 0.6 is 34.5 Å². The number of benzene rings is 1. The third-order valence-electron chi connectivity index (χ3n) is 6.20. The van der Waals surface area contributed by atoms with Crippen LogP contribution < -0.4 is 5.32 Å². The standard InChI is InChI=1S/C24H23Cl2F3N2O3S/c1-2-30-20(33)8-7-19(32)22-17-6-4-3-5-16(17)21(35-22)18-12-23(34-31-18,24(27,28)29)13-9-14(25)11-15(26)10-13/h9-11H,2-8,12H2,1H3,(H,30,33). The van der Waals surface area contributed by atoms with Gasteiger partial charge in [-0.3, -0.25) is 9.59 Å². The highest BCUT2D eigenvalue weighted by atomic mass is 35.5. The maximum Gasteiger partial charge on any atom is 0.435 e. The molecule has 0 saturated carbocycles. The Balaban J connectivity index is 1.68. The summed E-state index contributed by atoms with van der Waals surface area (Å²) >= 11 is 13.1. The van der Waals surface area contributed by atoms with Crippen LogP contribution in [0.25, 0.3) is 0 Å². The van der Waals surface area contributed by atoms with Crippen LogP contribution in [0.5, 0.6) is 0 Å². The van der Waals surface area contributed by atoms with E-state index in [4.69, 9.17) is 28.0 Å². The van der Waals surface area contributed by atoms with Gasteiger partial charge in [0.15, 0.2) is 5.78 Å². The zero-order valence-corrected chi connectivity index (χ0v) is 21.2. The summed E-state index contributed by atoms with van der Waals surface area (Å²) < 4.78 is 43.2. The Kier molecular flexibility index (Phi) is 7.50. The molecule has 0 bridgehead atoms. The molecule has 0 spiro atoms. The first-order valence-corrected chi connectivity index (χ1v) is 12.9. The summed E-state index contributed by atoms with van der Waals surface area (Å²) in [5.41, 5.74) is -1.11. The van der Waals surface area contributed by atoms with E-state index in [0.29, 0.717) is 29.1 Å². The van der Waals surface area contributed by atoms with E-state index in [1.165, 1.54) is 18.2 Å². The molecule has 35 heavy (non-hydrogen) atoms. The van der Waals surface area contributed by atoms with Crippen molar-refractivity contribution in [3.63, 3.8) is 0 Å². The van der Waals surface area contributed by atoms with Crippen molar-refractivity contribution in [1.29, 1.82) is 0 Å². The quantitative estimate of drug-likeness (QED) is 0.397. The van der Waals surface area contributed by atoms with Gasteiger partial charge in [0.2, 0.25) is 5.91 Å². The number of nitrogens with zero attached hydrogens (tertiary/aromatic N) is 1. The molecule has 5 nitrogen and oxygen atoms in total. The molecule has 188 valence electrons. The van der Waals surface area contributed by atoms with Crippen LogP contribution in [0.3, 0.4) is 0 Å². The van der Waals surface area contributed by atoms with Crippen LogP contribution in [-0.2, 0) is 28.1 Å². The molecule has 2 heterocycles. The average Bonchev–Trinajstić information content (AvgIpc) is 3.40. The molecule has 2 aliphatic rings. The third kappa shape index (κ3) is 5.08. The van der Waals surface area contributed by atoms with Gasteiger partial charge in [0.1, 0.15) is 5.71 Å². The molecule has 1 unspecified atom stereocenters. The molecule has 1 N–H and O–H groups in total. The molecule has 1 atom stereocenters. The maximum absolute atomic E-state index is 14.4. The summed E-state index contributed by atoms with van der Waals surface area (Å²) in [6, 6.07) is 3.71. The molecule has 1 aromatic heterocycles. The second kappa shape index (κ2) is 10.1. The Bertz CT molecular complexity index is 1180. The Labute approximate surface area is 214 Å². The summed E-state index contributed by atoms with van der Waals surface area (Å²) in [6.07, 6.45) is -2.20.